The molecule has 0 fully saturated rings. The van der Waals surface area contributed by atoms with Gasteiger partial charge in [0.05, 0.1) is 10.3 Å². The number of benzene rings is 2. The van der Waals surface area contributed by atoms with Gasteiger partial charge < -0.3 is 9.64 Å². The zero-order chi connectivity index (χ0) is 18.9. The molecule has 0 radical (unpaired) electrons. The van der Waals surface area contributed by atoms with Crippen molar-refractivity contribution in [1.29, 1.82) is 0 Å². The normalized spacial score (nSPS) is 22.1. The second-order valence-electron chi connectivity index (χ2n) is 7.02. The molecule has 2 aromatic rings. The van der Waals surface area contributed by atoms with E-state index in [2.05, 4.69) is 24.8 Å². The number of halogens is 2. The van der Waals surface area contributed by atoms with E-state index in [0.29, 0.717) is 11.3 Å². The molecule has 2 aliphatic rings. The number of hydrogen-bond acceptors (Lipinski definition) is 4. The highest BCUT2D eigenvalue weighted by molar-refractivity contribution is 6.39. The summed E-state index contributed by atoms with van der Waals surface area (Å²) >= 11 is 12.4. The van der Waals surface area contributed by atoms with E-state index in [4.69, 9.17) is 27.9 Å². The Morgan fingerprint density at radius 1 is 1.23 bits per heavy atom. The minimum absolute atomic E-state index is 0.0143. The number of rotatable bonds is 1. The van der Waals surface area contributed by atoms with E-state index < -0.39 is 10.6 Å². The molecule has 2 heterocycles. The maximum Gasteiger partial charge on any atom is 0.307 e. The zero-order valence-electron chi connectivity index (χ0n) is 14.4. The fourth-order valence-corrected chi connectivity index (χ4v) is 4.65. The molecule has 1 unspecified atom stereocenters. The molecule has 0 saturated carbocycles. The van der Waals surface area contributed by atoms with Crippen molar-refractivity contribution in [2.24, 2.45) is 0 Å². The van der Waals surface area contributed by atoms with Crippen LogP contribution < -0.4 is 9.64 Å². The molecule has 26 heavy (non-hydrogen) atoms. The van der Waals surface area contributed by atoms with Crippen molar-refractivity contribution in [2.45, 2.75) is 25.0 Å². The van der Waals surface area contributed by atoms with Crippen molar-refractivity contribution in [3.8, 4) is 5.75 Å². The minimum Gasteiger partial charge on any atom is -0.463 e. The third-order valence-electron chi connectivity index (χ3n) is 5.45. The van der Waals surface area contributed by atoms with Gasteiger partial charge in [-0.05, 0) is 37.6 Å². The molecule has 4 rings (SSSR count). The number of fused-ring (bicyclic) bond motifs is 2. The molecule has 7 heteroatoms. The first-order chi connectivity index (χ1) is 12.2. The van der Waals surface area contributed by atoms with Gasteiger partial charge in [-0.25, -0.2) is 0 Å². The maximum absolute atomic E-state index is 11.2. The van der Waals surface area contributed by atoms with Gasteiger partial charge >= 0.3 is 5.69 Å². The molecule has 1 atom stereocenters. The Kier molecular flexibility index (Phi) is 3.56. The molecule has 0 aliphatic carbocycles. The lowest BCUT2D eigenvalue weighted by Crippen LogP contribution is -2.58. The molecule has 2 aromatic carbocycles. The van der Waals surface area contributed by atoms with Crippen molar-refractivity contribution in [1.82, 2.24) is 0 Å². The van der Waals surface area contributed by atoms with Crippen LogP contribution in [0.2, 0.25) is 10.0 Å². The van der Waals surface area contributed by atoms with Gasteiger partial charge in [-0.2, -0.15) is 0 Å². The Morgan fingerprint density at radius 2 is 1.92 bits per heavy atom. The topological polar surface area (TPSA) is 55.6 Å². The third kappa shape index (κ3) is 1.98. The van der Waals surface area contributed by atoms with Crippen LogP contribution in [0.1, 0.15) is 25.0 Å². The Hall–Kier alpha value is -2.24. The van der Waals surface area contributed by atoms with Gasteiger partial charge in [0.1, 0.15) is 15.8 Å². The van der Waals surface area contributed by atoms with Crippen LogP contribution in [-0.4, -0.2) is 17.7 Å². The fourth-order valence-electron chi connectivity index (χ4n) is 4.01. The van der Waals surface area contributed by atoms with Gasteiger partial charge in [-0.3, -0.25) is 10.1 Å². The number of nitro groups is 1. The van der Waals surface area contributed by atoms with E-state index >= 15 is 0 Å². The van der Waals surface area contributed by atoms with Crippen molar-refractivity contribution >= 4 is 40.7 Å². The second-order valence-corrected chi connectivity index (χ2v) is 7.81. The summed E-state index contributed by atoms with van der Waals surface area (Å²) in [5.74, 6) is 0.431. The average molecular weight is 391 g/mol. The van der Waals surface area contributed by atoms with Crippen LogP contribution in [0.4, 0.5) is 11.4 Å². The molecule has 0 saturated heterocycles. The molecule has 5 nitrogen and oxygen atoms in total. The monoisotopic (exact) mass is 390 g/mol. The highest BCUT2D eigenvalue weighted by Crippen LogP contribution is 2.55. The lowest BCUT2D eigenvalue weighted by Gasteiger charge is -2.45. The van der Waals surface area contributed by atoms with E-state index in [0.717, 1.165) is 11.3 Å². The molecule has 0 amide bonds. The van der Waals surface area contributed by atoms with E-state index in [-0.39, 0.29) is 21.1 Å². The number of likely N-dealkylation sites (N-methyl/N-ethyl adjacent to an activating group) is 1. The summed E-state index contributed by atoms with van der Waals surface area (Å²) in [6, 6.07) is 9.60. The highest BCUT2D eigenvalue weighted by atomic mass is 35.5. The number of ether oxygens (including phenoxy) is 1. The lowest BCUT2D eigenvalue weighted by atomic mass is 9.76. The minimum atomic E-state index is -0.785. The van der Waals surface area contributed by atoms with Crippen LogP contribution in [0.5, 0.6) is 5.75 Å². The quantitative estimate of drug-likeness (QED) is 0.481. The van der Waals surface area contributed by atoms with Crippen LogP contribution in [0.25, 0.3) is 6.08 Å². The first kappa shape index (κ1) is 17.2. The summed E-state index contributed by atoms with van der Waals surface area (Å²) in [4.78, 5) is 12.7. The summed E-state index contributed by atoms with van der Waals surface area (Å²) in [6.45, 7) is 4.22. The van der Waals surface area contributed by atoms with E-state index in [1.165, 1.54) is 6.07 Å². The standard InChI is InChI=1S/C19H16Cl2N2O3/c1-18(2)12-6-4-5-7-14(12)22(3)19(18)9-8-11-15(26-19)10-13(20)17(16(11)21)23(24)25/h4-10H,1-3H3. The predicted octanol–water partition coefficient (Wildman–Crippen LogP) is 5.43. The van der Waals surface area contributed by atoms with Crippen LogP contribution in [0.15, 0.2) is 36.4 Å². The first-order valence-electron chi connectivity index (χ1n) is 8.08. The Morgan fingerprint density at radius 3 is 2.58 bits per heavy atom. The van der Waals surface area contributed by atoms with E-state index in [1.807, 2.05) is 31.3 Å². The zero-order valence-corrected chi connectivity index (χ0v) is 15.9. The summed E-state index contributed by atoms with van der Waals surface area (Å²) in [5.41, 5.74) is 1.24. The number of nitrogens with zero attached hydrogens (tertiary/aromatic N) is 2. The molecule has 0 N–H and O–H groups in total. The van der Waals surface area contributed by atoms with Gasteiger partial charge in [-0.1, -0.05) is 41.4 Å². The maximum atomic E-state index is 11.2. The molecular weight excluding hydrogens is 375 g/mol. The predicted molar refractivity (Wildman–Crippen MR) is 103 cm³/mol. The Labute approximate surface area is 160 Å². The number of nitro benzene ring substituents is 1. The highest BCUT2D eigenvalue weighted by Gasteiger charge is 2.57. The van der Waals surface area contributed by atoms with Crippen LogP contribution in [0.3, 0.4) is 0 Å². The molecule has 1 spiro atoms. The van der Waals surface area contributed by atoms with Gasteiger partial charge in [0.25, 0.3) is 0 Å². The second kappa shape index (κ2) is 5.38. The number of anilines is 1. The largest absolute Gasteiger partial charge is 0.463 e. The van der Waals surface area contributed by atoms with Crippen LogP contribution >= 0.6 is 23.2 Å². The number of para-hydroxylation sites is 1. The fraction of sp³-hybridized carbons (Fsp3) is 0.263. The van der Waals surface area contributed by atoms with Crippen molar-refractivity contribution < 1.29 is 9.66 Å². The van der Waals surface area contributed by atoms with Crippen molar-refractivity contribution in [3.05, 3.63) is 67.7 Å². The summed E-state index contributed by atoms with van der Waals surface area (Å²) in [5, 5.41) is 11.2. The first-order valence-corrected chi connectivity index (χ1v) is 8.84. The third-order valence-corrected chi connectivity index (χ3v) is 6.12. The van der Waals surface area contributed by atoms with Gasteiger partial charge in [0.2, 0.25) is 5.72 Å². The van der Waals surface area contributed by atoms with Gasteiger partial charge in [0.15, 0.2) is 0 Å². The molecule has 2 aliphatic heterocycles. The lowest BCUT2D eigenvalue weighted by molar-refractivity contribution is -0.384. The Bertz CT molecular complexity index is 987. The van der Waals surface area contributed by atoms with Gasteiger partial charge in [0, 0.05) is 24.4 Å². The Balaban J connectivity index is 1.91. The summed E-state index contributed by atoms with van der Waals surface area (Å²) in [7, 11) is 1.97. The van der Waals surface area contributed by atoms with E-state index in [1.54, 1.807) is 6.08 Å². The number of hydrogen-bond donors (Lipinski definition) is 0. The molecular formula is C19H16Cl2N2O3. The van der Waals surface area contributed by atoms with Crippen LogP contribution in [-0.2, 0) is 5.41 Å². The molecule has 0 bridgehead atoms. The smallest absolute Gasteiger partial charge is 0.307 e. The van der Waals surface area contributed by atoms with Crippen LogP contribution in [0, 0.1) is 10.1 Å². The summed E-state index contributed by atoms with van der Waals surface area (Å²) in [6.07, 6.45) is 3.70. The molecule has 0 aromatic heterocycles. The van der Waals surface area contributed by atoms with Crippen molar-refractivity contribution in [3.63, 3.8) is 0 Å². The van der Waals surface area contributed by atoms with Gasteiger partial charge in [-0.15, -0.1) is 0 Å². The average Bonchev–Trinajstić information content (AvgIpc) is 2.74. The SMILES string of the molecule is CN1c2ccccc2C(C)(C)C12C=Cc1c(cc(Cl)c([N+](=O)[O-])c1Cl)O2. The molecule has 134 valence electrons. The summed E-state index contributed by atoms with van der Waals surface area (Å²) < 4.78 is 6.43. The van der Waals surface area contributed by atoms with Crippen molar-refractivity contribution in [2.75, 3.05) is 11.9 Å². The van der Waals surface area contributed by atoms with E-state index in [9.17, 15) is 10.1 Å².